The third-order valence-electron chi connectivity index (χ3n) is 9.44. The van der Waals surface area contributed by atoms with Crippen LogP contribution in [-0.2, 0) is 20.7 Å². The van der Waals surface area contributed by atoms with Gasteiger partial charge in [0.1, 0.15) is 6.04 Å². The van der Waals surface area contributed by atoms with Crippen LogP contribution in [0.4, 0.5) is 0 Å². The van der Waals surface area contributed by atoms with Crippen LogP contribution in [0.1, 0.15) is 107 Å². The molecular weight excluding hydrogens is 524 g/mol. The van der Waals surface area contributed by atoms with E-state index in [-0.39, 0.29) is 33.7 Å². The van der Waals surface area contributed by atoms with Gasteiger partial charge >= 0.3 is 5.97 Å². The van der Waals surface area contributed by atoms with Gasteiger partial charge in [0.2, 0.25) is 0 Å². The molecule has 1 heterocycles. The number of nitrogens with two attached hydrogens (primary N) is 1. The van der Waals surface area contributed by atoms with Crippen LogP contribution in [0.5, 0.6) is 0 Å². The molecule has 4 N–H and O–H groups in total. The van der Waals surface area contributed by atoms with Crippen molar-refractivity contribution in [1.82, 2.24) is 5.32 Å². The Morgan fingerprint density at radius 2 is 1.45 bits per heavy atom. The summed E-state index contributed by atoms with van der Waals surface area (Å²) in [6, 6.07) is 9.12. The molecule has 0 saturated carbocycles. The van der Waals surface area contributed by atoms with Crippen LogP contribution < -0.4 is 11.1 Å². The molecule has 6 heteroatoms. The van der Waals surface area contributed by atoms with E-state index in [4.69, 9.17) is 15.2 Å². The number of nitrogens with one attached hydrogen (secondary N) is 1. The first-order valence-electron chi connectivity index (χ1n) is 16.2. The van der Waals surface area contributed by atoms with Crippen LogP contribution in [0.3, 0.4) is 0 Å². The van der Waals surface area contributed by atoms with Gasteiger partial charge in [-0.05, 0) is 83.6 Å². The third kappa shape index (κ3) is 11.6. The molecule has 1 fully saturated rings. The number of aliphatic hydroxyl groups is 1. The van der Waals surface area contributed by atoms with E-state index in [1.165, 1.54) is 0 Å². The van der Waals surface area contributed by atoms with E-state index in [0.29, 0.717) is 37.4 Å². The fraction of sp³-hybridized carbons (Fsp3) is 0.806. The van der Waals surface area contributed by atoms with Crippen LogP contribution in [0.2, 0.25) is 0 Å². The summed E-state index contributed by atoms with van der Waals surface area (Å²) in [5.41, 5.74) is 7.63. The number of carbonyl (C=O) groups excluding carboxylic acids is 1. The van der Waals surface area contributed by atoms with Crippen molar-refractivity contribution in [2.75, 3.05) is 19.8 Å². The minimum Gasteiger partial charge on any atom is -0.465 e. The van der Waals surface area contributed by atoms with Gasteiger partial charge in [-0.15, -0.1) is 0 Å². The Balaban J connectivity index is 1.87. The molecule has 42 heavy (non-hydrogen) atoms. The molecule has 0 aromatic heterocycles. The van der Waals surface area contributed by atoms with Gasteiger partial charge in [-0.3, -0.25) is 4.79 Å². The first-order valence-corrected chi connectivity index (χ1v) is 16.2. The molecule has 0 radical (unpaired) electrons. The molecule has 1 aromatic carbocycles. The topological polar surface area (TPSA) is 93.8 Å². The van der Waals surface area contributed by atoms with E-state index in [0.717, 1.165) is 37.8 Å². The summed E-state index contributed by atoms with van der Waals surface area (Å²) in [7, 11) is 0. The molecule has 0 aliphatic carbocycles. The van der Waals surface area contributed by atoms with Gasteiger partial charge in [0.05, 0.1) is 19.3 Å². The van der Waals surface area contributed by atoms with Crippen LogP contribution in [-0.4, -0.2) is 49.2 Å². The fourth-order valence-electron chi connectivity index (χ4n) is 8.02. The van der Waals surface area contributed by atoms with E-state index in [1.54, 1.807) is 0 Å². The number of benzene rings is 1. The Morgan fingerprint density at radius 3 is 2.00 bits per heavy atom. The van der Waals surface area contributed by atoms with Crippen LogP contribution in [0, 0.1) is 39.4 Å². The molecule has 242 valence electrons. The average Bonchev–Trinajstić information content (AvgIpc) is 3.30. The lowest BCUT2D eigenvalue weighted by Gasteiger charge is -2.44. The zero-order valence-electron chi connectivity index (χ0n) is 28.8. The second-order valence-corrected chi connectivity index (χ2v) is 16.8. The lowest BCUT2D eigenvalue weighted by Crippen LogP contribution is -2.38. The first kappa shape index (κ1) is 36.7. The highest BCUT2D eigenvalue weighted by Crippen LogP contribution is 2.47. The maximum Gasteiger partial charge on any atom is 0.323 e. The Morgan fingerprint density at radius 1 is 0.905 bits per heavy atom. The minimum atomic E-state index is -0.795. The van der Waals surface area contributed by atoms with E-state index in [9.17, 15) is 9.90 Å². The van der Waals surface area contributed by atoms with Crippen molar-refractivity contribution in [3.8, 4) is 0 Å². The van der Waals surface area contributed by atoms with Crippen molar-refractivity contribution in [3.63, 3.8) is 0 Å². The van der Waals surface area contributed by atoms with E-state index < -0.39 is 12.3 Å². The third-order valence-corrected chi connectivity index (χ3v) is 9.44. The number of hydrogen-bond donors (Lipinski definition) is 3. The molecule has 1 aromatic rings. The lowest BCUT2D eigenvalue weighted by molar-refractivity contribution is -0.146. The molecule has 1 saturated heterocycles. The van der Waals surface area contributed by atoms with Crippen molar-refractivity contribution in [2.45, 2.75) is 127 Å². The lowest BCUT2D eigenvalue weighted by atomic mass is 9.61. The highest BCUT2D eigenvalue weighted by atomic mass is 16.6. The van der Waals surface area contributed by atoms with Crippen molar-refractivity contribution in [1.29, 1.82) is 0 Å². The Bertz CT molecular complexity index is 928. The molecule has 0 spiro atoms. The van der Waals surface area contributed by atoms with Gasteiger partial charge in [-0.2, -0.15) is 0 Å². The van der Waals surface area contributed by atoms with Gasteiger partial charge < -0.3 is 25.6 Å². The summed E-state index contributed by atoms with van der Waals surface area (Å²) in [5, 5.41) is 14.4. The summed E-state index contributed by atoms with van der Waals surface area (Å²) in [5.74, 6) is 0.954. The monoisotopic (exact) mass is 588 g/mol. The molecule has 1 aliphatic heterocycles. The molecule has 5 unspecified atom stereocenters. The predicted octanol–water partition coefficient (Wildman–Crippen LogP) is 6.98. The van der Waals surface area contributed by atoms with Crippen LogP contribution in [0.15, 0.2) is 30.3 Å². The maximum atomic E-state index is 12.6. The van der Waals surface area contributed by atoms with Crippen LogP contribution >= 0.6 is 0 Å². The average molecular weight is 589 g/mol. The molecule has 6 nitrogen and oxygen atoms in total. The molecule has 0 amide bonds. The second kappa shape index (κ2) is 15.0. The number of aliphatic hydroxyl groups excluding tert-OH is 1. The van der Waals surface area contributed by atoms with Gasteiger partial charge in [0.25, 0.3) is 0 Å². The summed E-state index contributed by atoms with van der Waals surface area (Å²) in [6.45, 7) is 27.1. The van der Waals surface area contributed by atoms with Crippen molar-refractivity contribution in [3.05, 3.63) is 35.9 Å². The zero-order chi connectivity index (χ0) is 31.9. The molecule has 2 rings (SSSR count). The van der Waals surface area contributed by atoms with Gasteiger partial charge in [-0.1, -0.05) is 106 Å². The highest BCUT2D eigenvalue weighted by Gasteiger charge is 2.42. The van der Waals surface area contributed by atoms with Crippen molar-refractivity contribution < 1.29 is 19.4 Å². The van der Waals surface area contributed by atoms with E-state index >= 15 is 0 Å². The number of carbonyl (C=O) groups is 1. The largest absolute Gasteiger partial charge is 0.465 e. The fourth-order valence-corrected chi connectivity index (χ4v) is 8.02. The summed E-state index contributed by atoms with van der Waals surface area (Å²) >= 11 is 0. The summed E-state index contributed by atoms with van der Waals surface area (Å²) in [4.78, 5) is 12.6. The minimum absolute atomic E-state index is 0.0243. The normalized spacial score (nSPS) is 20.9. The number of rotatable bonds is 14. The quantitative estimate of drug-likeness (QED) is 0.160. The van der Waals surface area contributed by atoms with Crippen molar-refractivity contribution in [2.24, 2.45) is 45.1 Å². The first-order chi connectivity index (χ1) is 19.2. The van der Waals surface area contributed by atoms with E-state index in [2.05, 4.69) is 81.5 Å². The standard InChI is InChI=1S/C36H64N2O4/c1-33(2,3)29(34(4,5)6)17-19-42-32(40)28-22-26(24-38-28)23-36(10,11)30(35(7,8)9)18-20-41-31(39)27(37)21-25-15-13-12-14-16-25/h12-16,26-30,32,38,40H,17-24,37H2,1-11H3. The van der Waals surface area contributed by atoms with Gasteiger partial charge in [-0.25, -0.2) is 0 Å². The molecular formula is C36H64N2O4. The summed E-state index contributed by atoms with van der Waals surface area (Å²) < 4.78 is 11.7. The number of hydrogen-bond acceptors (Lipinski definition) is 6. The Kier molecular flexibility index (Phi) is 13.1. The smallest absolute Gasteiger partial charge is 0.323 e. The maximum absolute atomic E-state index is 12.6. The Hall–Kier alpha value is -1.47. The number of esters is 1. The van der Waals surface area contributed by atoms with Crippen molar-refractivity contribution >= 4 is 5.97 Å². The second-order valence-electron chi connectivity index (χ2n) is 16.8. The molecule has 5 atom stereocenters. The highest BCUT2D eigenvalue weighted by molar-refractivity contribution is 5.75. The van der Waals surface area contributed by atoms with E-state index in [1.807, 2.05) is 30.3 Å². The summed E-state index contributed by atoms with van der Waals surface area (Å²) in [6.07, 6.45) is 3.33. The van der Waals surface area contributed by atoms with Gasteiger partial charge in [0.15, 0.2) is 6.29 Å². The Labute approximate surface area is 257 Å². The van der Waals surface area contributed by atoms with Crippen LogP contribution in [0.25, 0.3) is 0 Å². The SMILES string of the molecule is CC(C)(C)C(CCOC(O)C1CC(CC(C)(C)C(CCOC(=O)C(N)Cc2ccccc2)C(C)(C)C)CN1)C(C)(C)C. The zero-order valence-corrected chi connectivity index (χ0v) is 28.8. The molecule has 0 bridgehead atoms. The number of ether oxygens (including phenoxy) is 2. The molecule has 1 aliphatic rings. The van der Waals surface area contributed by atoms with Gasteiger partial charge in [0, 0.05) is 0 Å². The predicted molar refractivity (Wildman–Crippen MR) is 174 cm³/mol.